The van der Waals surface area contributed by atoms with E-state index in [2.05, 4.69) is 41.5 Å². The first kappa shape index (κ1) is 27.2. The van der Waals surface area contributed by atoms with Crippen molar-refractivity contribution in [3.63, 3.8) is 0 Å². The molecule has 0 unspecified atom stereocenters. The number of hydrogen-bond acceptors (Lipinski definition) is 5. The Balaban J connectivity index is 1.44. The summed E-state index contributed by atoms with van der Waals surface area (Å²) < 4.78 is 17.4. The standard InChI is InChI=1S/C33H36O5/c1-22(2)27-18-25(19-28-30(27)38-33(5,6)21-32(28,3)4)31(35)37-26-15-12-23(13-16-26)14-17-29(34)36-20-24-10-8-7-9-11-24/h7-19,22H,20-21H2,1-6H3/b17-14+. The van der Waals surface area contributed by atoms with Gasteiger partial charge in [-0.3, -0.25) is 0 Å². The van der Waals surface area contributed by atoms with Gasteiger partial charge in [0.1, 0.15) is 23.7 Å². The first-order valence-electron chi connectivity index (χ1n) is 13.0. The highest BCUT2D eigenvalue weighted by Crippen LogP contribution is 2.48. The molecule has 0 amide bonds. The van der Waals surface area contributed by atoms with E-state index in [1.54, 1.807) is 30.3 Å². The lowest BCUT2D eigenvalue weighted by atomic mass is 9.72. The van der Waals surface area contributed by atoms with Gasteiger partial charge in [-0.25, -0.2) is 9.59 Å². The minimum absolute atomic E-state index is 0.146. The van der Waals surface area contributed by atoms with Crippen molar-refractivity contribution >= 4 is 18.0 Å². The van der Waals surface area contributed by atoms with E-state index in [1.807, 2.05) is 42.5 Å². The zero-order chi connectivity index (χ0) is 27.5. The Morgan fingerprint density at radius 3 is 2.32 bits per heavy atom. The van der Waals surface area contributed by atoms with Crippen LogP contribution in [0.25, 0.3) is 6.08 Å². The van der Waals surface area contributed by atoms with E-state index in [4.69, 9.17) is 14.2 Å². The molecule has 0 atom stereocenters. The molecule has 3 aromatic rings. The van der Waals surface area contributed by atoms with Crippen LogP contribution in [0.3, 0.4) is 0 Å². The summed E-state index contributed by atoms with van der Waals surface area (Å²) in [4.78, 5) is 25.2. The summed E-state index contributed by atoms with van der Waals surface area (Å²) in [6.45, 7) is 13.0. The fourth-order valence-electron chi connectivity index (χ4n) is 5.04. The summed E-state index contributed by atoms with van der Waals surface area (Å²) in [6, 6.07) is 20.3. The molecular formula is C33H36O5. The number of carbonyl (C=O) groups is 2. The van der Waals surface area contributed by atoms with Gasteiger partial charge < -0.3 is 14.2 Å². The second-order valence-electron chi connectivity index (χ2n) is 11.4. The number of carbonyl (C=O) groups excluding carboxylic acids is 2. The summed E-state index contributed by atoms with van der Waals surface area (Å²) in [5, 5.41) is 0. The van der Waals surface area contributed by atoms with Crippen LogP contribution >= 0.6 is 0 Å². The first-order chi connectivity index (χ1) is 17.9. The van der Waals surface area contributed by atoms with Crippen LogP contribution in [-0.2, 0) is 21.6 Å². The zero-order valence-electron chi connectivity index (χ0n) is 23.0. The van der Waals surface area contributed by atoms with Crippen molar-refractivity contribution in [2.45, 2.75) is 71.5 Å². The quantitative estimate of drug-likeness (QED) is 0.185. The lowest BCUT2D eigenvalue weighted by Crippen LogP contribution is -2.42. The predicted octanol–water partition coefficient (Wildman–Crippen LogP) is 7.62. The largest absolute Gasteiger partial charge is 0.487 e. The first-order valence-corrected chi connectivity index (χ1v) is 13.0. The van der Waals surface area contributed by atoms with E-state index < -0.39 is 11.9 Å². The zero-order valence-corrected chi connectivity index (χ0v) is 23.0. The molecule has 1 heterocycles. The average molecular weight is 513 g/mol. The molecule has 4 rings (SSSR count). The maximum atomic E-state index is 13.2. The van der Waals surface area contributed by atoms with Crippen molar-refractivity contribution in [2.75, 3.05) is 0 Å². The molecule has 1 aliphatic heterocycles. The van der Waals surface area contributed by atoms with Gasteiger partial charge in [0.15, 0.2) is 0 Å². The molecule has 0 saturated carbocycles. The van der Waals surface area contributed by atoms with Crippen molar-refractivity contribution in [1.29, 1.82) is 0 Å². The molecule has 1 aliphatic rings. The van der Waals surface area contributed by atoms with E-state index in [0.717, 1.165) is 34.4 Å². The van der Waals surface area contributed by atoms with Crippen LogP contribution in [0.2, 0.25) is 0 Å². The second-order valence-corrected chi connectivity index (χ2v) is 11.4. The van der Waals surface area contributed by atoms with Crippen LogP contribution in [0.15, 0.2) is 72.8 Å². The van der Waals surface area contributed by atoms with Gasteiger partial charge in [-0.05, 0) is 78.6 Å². The van der Waals surface area contributed by atoms with E-state index in [1.165, 1.54) is 6.08 Å². The van der Waals surface area contributed by atoms with Gasteiger partial charge in [0.2, 0.25) is 0 Å². The summed E-state index contributed by atoms with van der Waals surface area (Å²) in [7, 11) is 0. The van der Waals surface area contributed by atoms with Gasteiger partial charge in [-0.15, -0.1) is 0 Å². The maximum absolute atomic E-state index is 13.2. The Labute approximate surface area is 225 Å². The molecule has 3 aromatic carbocycles. The number of hydrogen-bond donors (Lipinski definition) is 0. The molecule has 0 aromatic heterocycles. The van der Waals surface area contributed by atoms with Crippen LogP contribution in [0.4, 0.5) is 0 Å². The molecule has 198 valence electrons. The topological polar surface area (TPSA) is 61.8 Å². The van der Waals surface area contributed by atoms with E-state index in [9.17, 15) is 9.59 Å². The molecule has 0 bridgehead atoms. The highest BCUT2D eigenvalue weighted by molar-refractivity contribution is 5.92. The molecule has 0 N–H and O–H groups in total. The van der Waals surface area contributed by atoms with Gasteiger partial charge in [0, 0.05) is 11.6 Å². The summed E-state index contributed by atoms with van der Waals surface area (Å²) in [5.41, 5.74) is 3.85. The number of benzene rings is 3. The number of ether oxygens (including phenoxy) is 3. The van der Waals surface area contributed by atoms with Crippen LogP contribution in [0.1, 0.15) is 86.5 Å². The maximum Gasteiger partial charge on any atom is 0.343 e. The highest BCUT2D eigenvalue weighted by Gasteiger charge is 2.41. The van der Waals surface area contributed by atoms with Crippen molar-refractivity contribution in [2.24, 2.45) is 0 Å². The van der Waals surface area contributed by atoms with Gasteiger partial charge in [-0.2, -0.15) is 0 Å². The fourth-order valence-corrected chi connectivity index (χ4v) is 5.04. The third-order valence-corrected chi connectivity index (χ3v) is 6.68. The Kier molecular flexibility index (Phi) is 7.77. The molecule has 0 radical (unpaired) electrons. The van der Waals surface area contributed by atoms with E-state index in [0.29, 0.717) is 11.3 Å². The van der Waals surface area contributed by atoms with Gasteiger partial charge in [-0.1, -0.05) is 70.2 Å². The summed E-state index contributed by atoms with van der Waals surface area (Å²) >= 11 is 0. The molecule has 38 heavy (non-hydrogen) atoms. The smallest absolute Gasteiger partial charge is 0.343 e. The molecule has 0 spiro atoms. The molecule has 0 aliphatic carbocycles. The van der Waals surface area contributed by atoms with Crippen LogP contribution in [0.5, 0.6) is 11.5 Å². The average Bonchev–Trinajstić information content (AvgIpc) is 2.86. The lowest BCUT2D eigenvalue weighted by molar-refractivity contribution is -0.138. The van der Waals surface area contributed by atoms with Crippen LogP contribution in [-0.4, -0.2) is 17.5 Å². The lowest BCUT2D eigenvalue weighted by Gasteiger charge is -2.43. The monoisotopic (exact) mass is 512 g/mol. The number of fused-ring (bicyclic) bond motifs is 1. The normalized spacial score (nSPS) is 15.6. The third-order valence-electron chi connectivity index (χ3n) is 6.68. The Bertz CT molecular complexity index is 1330. The Morgan fingerprint density at radius 2 is 1.66 bits per heavy atom. The van der Waals surface area contributed by atoms with Crippen molar-refractivity contribution in [3.8, 4) is 11.5 Å². The van der Waals surface area contributed by atoms with Crippen molar-refractivity contribution in [3.05, 3.63) is 101 Å². The molecule has 0 saturated heterocycles. The minimum Gasteiger partial charge on any atom is -0.487 e. The van der Waals surface area contributed by atoms with Gasteiger partial charge in [0.05, 0.1) is 5.56 Å². The van der Waals surface area contributed by atoms with Gasteiger partial charge in [0.25, 0.3) is 0 Å². The molecule has 5 nitrogen and oxygen atoms in total. The Hall–Kier alpha value is -3.86. The third kappa shape index (κ3) is 6.52. The molecular weight excluding hydrogens is 476 g/mol. The highest BCUT2D eigenvalue weighted by atomic mass is 16.5. The Morgan fingerprint density at radius 1 is 0.974 bits per heavy atom. The van der Waals surface area contributed by atoms with Crippen molar-refractivity contribution < 1.29 is 23.8 Å². The second kappa shape index (κ2) is 10.9. The van der Waals surface area contributed by atoms with E-state index >= 15 is 0 Å². The summed E-state index contributed by atoms with van der Waals surface area (Å²) in [5.74, 6) is 0.665. The number of esters is 2. The number of rotatable bonds is 7. The minimum atomic E-state index is -0.423. The van der Waals surface area contributed by atoms with E-state index in [-0.39, 0.29) is 23.5 Å². The van der Waals surface area contributed by atoms with Crippen LogP contribution in [0, 0.1) is 0 Å². The predicted molar refractivity (Wildman–Crippen MR) is 150 cm³/mol. The molecule has 0 fully saturated rings. The van der Waals surface area contributed by atoms with Crippen LogP contribution < -0.4 is 9.47 Å². The fraction of sp³-hybridized carbons (Fsp3) is 0.333. The molecule has 5 heteroatoms. The summed E-state index contributed by atoms with van der Waals surface area (Å²) in [6.07, 6.45) is 3.90. The van der Waals surface area contributed by atoms with Crippen molar-refractivity contribution in [1.82, 2.24) is 0 Å². The SMILES string of the molecule is CC(C)c1cc(C(=O)Oc2ccc(/C=C/C(=O)OCc3ccccc3)cc2)cc2c1OC(C)(C)CC2(C)C. The van der Waals surface area contributed by atoms with Gasteiger partial charge >= 0.3 is 11.9 Å².